The van der Waals surface area contributed by atoms with Crippen LogP contribution in [0, 0.1) is 0 Å². The van der Waals surface area contributed by atoms with E-state index in [2.05, 4.69) is 15.4 Å². The Bertz CT molecular complexity index is 1170. The molecule has 2 aromatic heterocycles. The standard InChI is InChI=1S/C23H20F2N4O/c1-2-23(24,25)19-7-9-20(10-8-19)28-22(30)13-16-3-5-17(6-4-16)18-11-12-29-21(14-18)26-15-27-29/h3-12,14-15H,2,13H2,1H3,(H,28,30). The second kappa shape index (κ2) is 8.02. The van der Waals surface area contributed by atoms with E-state index < -0.39 is 5.92 Å². The number of rotatable bonds is 6. The van der Waals surface area contributed by atoms with Crippen LogP contribution < -0.4 is 5.32 Å². The first-order chi connectivity index (χ1) is 14.4. The molecule has 7 heteroatoms. The lowest BCUT2D eigenvalue weighted by atomic mass is 10.0. The lowest BCUT2D eigenvalue weighted by Crippen LogP contribution is -2.15. The Morgan fingerprint density at radius 3 is 2.47 bits per heavy atom. The van der Waals surface area contributed by atoms with E-state index in [0.29, 0.717) is 5.69 Å². The number of benzene rings is 2. The third-order valence-corrected chi connectivity index (χ3v) is 4.97. The summed E-state index contributed by atoms with van der Waals surface area (Å²) >= 11 is 0. The van der Waals surface area contributed by atoms with Crippen LogP contribution in [0.3, 0.4) is 0 Å². The molecule has 0 bridgehead atoms. The minimum atomic E-state index is -2.86. The zero-order chi connectivity index (χ0) is 21.1. The van der Waals surface area contributed by atoms with Gasteiger partial charge in [-0.3, -0.25) is 4.79 Å². The maximum absolute atomic E-state index is 13.7. The van der Waals surface area contributed by atoms with Gasteiger partial charge in [0.15, 0.2) is 5.65 Å². The predicted molar refractivity (Wildman–Crippen MR) is 111 cm³/mol. The van der Waals surface area contributed by atoms with Gasteiger partial charge in [0.25, 0.3) is 5.92 Å². The van der Waals surface area contributed by atoms with Crippen LogP contribution >= 0.6 is 0 Å². The van der Waals surface area contributed by atoms with Crippen molar-refractivity contribution in [1.82, 2.24) is 14.6 Å². The van der Waals surface area contributed by atoms with Gasteiger partial charge in [0.1, 0.15) is 6.33 Å². The minimum absolute atomic E-state index is 0.0529. The molecule has 4 rings (SSSR count). The third-order valence-electron chi connectivity index (χ3n) is 4.97. The number of amides is 1. The van der Waals surface area contributed by atoms with Crippen molar-refractivity contribution in [2.45, 2.75) is 25.7 Å². The van der Waals surface area contributed by atoms with Crippen LogP contribution in [0.15, 0.2) is 73.2 Å². The number of anilines is 1. The molecule has 0 spiro atoms. The number of alkyl halides is 2. The number of carbonyl (C=O) groups excluding carboxylic acids is 1. The van der Waals surface area contributed by atoms with Gasteiger partial charge >= 0.3 is 0 Å². The average Bonchev–Trinajstić information content (AvgIpc) is 3.22. The smallest absolute Gasteiger partial charge is 0.273 e. The quantitative estimate of drug-likeness (QED) is 0.486. The topological polar surface area (TPSA) is 59.3 Å². The summed E-state index contributed by atoms with van der Waals surface area (Å²) in [5.74, 6) is -3.06. The first kappa shape index (κ1) is 19.7. The van der Waals surface area contributed by atoms with E-state index in [0.717, 1.165) is 22.3 Å². The van der Waals surface area contributed by atoms with Gasteiger partial charge in [-0.05, 0) is 41.0 Å². The monoisotopic (exact) mass is 406 g/mol. The molecule has 0 unspecified atom stereocenters. The number of pyridine rings is 1. The number of fused-ring (bicyclic) bond motifs is 1. The fraction of sp³-hybridized carbons (Fsp3) is 0.174. The Morgan fingerprint density at radius 2 is 1.77 bits per heavy atom. The molecule has 0 aliphatic carbocycles. The maximum Gasteiger partial charge on any atom is 0.273 e. The molecule has 0 fully saturated rings. The van der Waals surface area contributed by atoms with Gasteiger partial charge in [-0.15, -0.1) is 0 Å². The zero-order valence-electron chi connectivity index (χ0n) is 16.3. The molecule has 0 aliphatic heterocycles. The van der Waals surface area contributed by atoms with Gasteiger partial charge in [0.2, 0.25) is 5.91 Å². The maximum atomic E-state index is 13.7. The highest BCUT2D eigenvalue weighted by Crippen LogP contribution is 2.31. The van der Waals surface area contributed by atoms with E-state index in [4.69, 9.17) is 0 Å². The minimum Gasteiger partial charge on any atom is -0.326 e. The predicted octanol–water partition coefficient (Wildman–Crippen LogP) is 5.08. The highest BCUT2D eigenvalue weighted by molar-refractivity contribution is 5.92. The van der Waals surface area contributed by atoms with Crippen LogP contribution in [0.25, 0.3) is 16.8 Å². The number of aromatic nitrogens is 3. The van der Waals surface area contributed by atoms with Crippen molar-refractivity contribution in [3.8, 4) is 11.1 Å². The van der Waals surface area contributed by atoms with Crippen molar-refractivity contribution in [3.63, 3.8) is 0 Å². The van der Waals surface area contributed by atoms with Crippen molar-refractivity contribution in [1.29, 1.82) is 0 Å². The molecule has 0 saturated heterocycles. The molecule has 0 atom stereocenters. The van der Waals surface area contributed by atoms with Gasteiger partial charge in [-0.2, -0.15) is 5.10 Å². The van der Waals surface area contributed by atoms with Gasteiger partial charge < -0.3 is 5.32 Å². The highest BCUT2D eigenvalue weighted by Gasteiger charge is 2.28. The molecular weight excluding hydrogens is 386 g/mol. The van der Waals surface area contributed by atoms with Crippen molar-refractivity contribution in [2.24, 2.45) is 0 Å². The summed E-state index contributed by atoms with van der Waals surface area (Å²) < 4.78 is 29.1. The van der Waals surface area contributed by atoms with Gasteiger partial charge in [-0.25, -0.2) is 18.3 Å². The molecule has 0 radical (unpaired) electrons. The molecule has 1 N–H and O–H groups in total. The van der Waals surface area contributed by atoms with Crippen molar-refractivity contribution < 1.29 is 13.6 Å². The molecule has 4 aromatic rings. The molecule has 1 amide bonds. The fourth-order valence-electron chi connectivity index (χ4n) is 3.20. The first-order valence-corrected chi connectivity index (χ1v) is 9.61. The van der Waals surface area contributed by atoms with Crippen LogP contribution in [0.1, 0.15) is 24.5 Å². The van der Waals surface area contributed by atoms with Gasteiger partial charge in [-0.1, -0.05) is 43.3 Å². The average molecular weight is 406 g/mol. The van der Waals surface area contributed by atoms with E-state index in [1.54, 1.807) is 4.52 Å². The second-order valence-electron chi connectivity index (χ2n) is 7.04. The van der Waals surface area contributed by atoms with E-state index >= 15 is 0 Å². The second-order valence-corrected chi connectivity index (χ2v) is 7.04. The van der Waals surface area contributed by atoms with Crippen LogP contribution in [0.2, 0.25) is 0 Å². The van der Waals surface area contributed by atoms with Crippen molar-refractivity contribution in [3.05, 3.63) is 84.3 Å². The Hall–Kier alpha value is -3.61. The summed E-state index contributed by atoms with van der Waals surface area (Å²) in [6, 6.07) is 17.3. The van der Waals surface area contributed by atoms with Crippen molar-refractivity contribution in [2.75, 3.05) is 5.32 Å². The normalized spacial score (nSPS) is 11.6. The lowest BCUT2D eigenvalue weighted by Gasteiger charge is -2.14. The van der Waals surface area contributed by atoms with Crippen LogP contribution in [0.5, 0.6) is 0 Å². The third kappa shape index (κ3) is 4.20. The van der Waals surface area contributed by atoms with E-state index in [-0.39, 0.29) is 24.3 Å². The Balaban J connectivity index is 1.40. The van der Waals surface area contributed by atoms with Crippen LogP contribution in [0.4, 0.5) is 14.5 Å². The summed E-state index contributed by atoms with van der Waals surface area (Å²) in [7, 11) is 0. The van der Waals surface area contributed by atoms with Gasteiger partial charge in [0, 0.05) is 23.9 Å². The summed E-state index contributed by atoms with van der Waals surface area (Å²) in [5, 5.41) is 6.83. The molecule has 152 valence electrons. The van der Waals surface area contributed by atoms with E-state index in [1.165, 1.54) is 37.5 Å². The molecule has 0 saturated carbocycles. The Morgan fingerprint density at radius 1 is 1.03 bits per heavy atom. The molecule has 2 aromatic carbocycles. The SMILES string of the molecule is CCC(F)(F)c1ccc(NC(=O)Cc2ccc(-c3ccn4ncnc4c3)cc2)cc1. The summed E-state index contributed by atoms with van der Waals surface area (Å²) in [6.45, 7) is 1.44. The Labute approximate surface area is 172 Å². The first-order valence-electron chi connectivity index (χ1n) is 9.61. The number of hydrogen-bond donors (Lipinski definition) is 1. The lowest BCUT2D eigenvalue weighted by molar-refractivity contribution is -0.115. The molecule has 0 aliphatic rings. The number of halogens is 2. The summed E-state index contributed by atoms with van der Waals surface area (Å²) in [5.41, 5.74) is 4.08. The van der Waals surface area contributed by atoms with Crippen molar-refractivity contribution >= 4 is 17.2 Å². The van der Waals surface area contributed by atoms with Gasteiger partial charge in [0.05, 0.1) is 6.42 Å². The largest absolute Gasteiger partial charge is 0.326 e. The molecule has 5 nitrogen and oxygen atoms in total. The number of nitrogens with one attached hydrogen (secondary N) is 1. The molecule has 30 heavy (non-hydrogen) atoms. The number of carbonyl (C=O) groups is 1. The number of nitrogens with zero attached hydrogens (tertiary/aromatic N) is 3. The summed E-state index contributed by atoms with van der Waals surface area (Å²) in [6.07, 6.45) is 3.28. The van der Waals surface area contributed by atoms with E-state index in [1.807, 2.05) is 42.6 Å². The fourth-order valence-corrected chi connectivity index (χ4v) is 3.20. The number of hydrogen-bond acceptors (Lipinski definition) is 3. The van der Waals surface area contributed by atoms with Crippen LogP contribution in [-0.2, 0) is 17.1 Å². The van der Waals surface area contributed by atoms with E-state index in [9.17, 15) is 13.6 Å². The molecular formula is C23H20F2N4O. The molecule has 2 heterocycles. The van der Waals surface area contributed by atoms with Crippen LogP contribution in [-0.4, -0.2) is 20.5 Å². The summed E-state index contributed by atoms with van der Waals surface area (Å²) in [4.78, 5) is 16.5. The zero-order valence-corrected chi connectivity index (χ0v) is 16.3. The Kier molecular flexibility index (Phi) is 5.27. The highest BCUT2D eigenvalue weighted by atomic mass is 19.3.